The van der Waals surface area contributed by atoms with Gasteiger partial charge in [-0.15, -0.1) is 0 Å². The van der Waals surface area contributed by atoms with Crippen molar-refractivity contribution in [2.45, 2.75) is 12.5 Å². The second-order valence-corrected chi connectivity index (χ2v) is 8.15. The van der Waals surface area contributed by atoms with Crippen LogP contribution in [0.25, 0.3) is 22.2 Å². The van der Waals surface area contributed by atoms with Crippen molar-refractivity contribution in [2.75, 3.05) is 5.32 Å². The van der Waals surface area contributed by atoms with Gasteiger partial charge in [-0.3, -0.25) is 14.9 Å². The van der Waals surface area contributed by atoms with Crippen molar-refractivity contribution >= 4 is 34.4 Å². The maximum atomic E-state index is 13.4. The quantitative estimate of drug-likeness (QED) is 0.399. The smallest absolute Gasteiger partial charge is 0.322 e. The van der Waals surface area contributed by atoms with Crippen LogP contribution in [0.5, 0.6) is 0 Å². The molecule has 0 unspecified atom stereocenters. The molecular weight excluding hydrogens is 435 g/mol. The number of carbonyl (C=O) groups excluding carboxylic acids is 3. The Morgan fingerprint density at radius 1 is 0.971 bits per heavy atom. The molecule has 3 aromatic carbocycles. The minimum Gasteiger partial charge on any atom is -0.322 e. The number of imide groups is 1. The van der Waals surface area contributed by atoms with Crippen molar-refractivity contribution < 1.29 is 18.8 Å². The molecule has 1 aliphatic rings. The molecule has 1 aliphatic heterocycles. The zero-order valence-corrected chi connectivity index (χ0v) is 18.1. The van der Waals surface area contributed by atoms with E-state index in [0.717, 1.165) is 0 Å². The van der Waals surface area contributed by atoms with Gasteiger partial charge in [0.05, 0.1) is 16.8 Å². The molecule has 4 amide bonds. The second kappa shape index (κ2) is 8.08. The molecule has 0 saturated carbocycles. The van der Waals surface area contributed by atoms with Crippen LogP contribution in [0, 0.1) is 5.82 Å². The molecule has 0 spiro atoms. The van der Waals surface area contributed by atoms with Gasteiger partial charge in [-0.1, -0.05) is 30.3 Å². The van der Waals surface area contributed by atoms with Crippen LogP contribution in [0.3, 0.4) is 0 Å². The minimum absolute atomic E-state index is 0.358. The molecule has 5 rings (SSSR count). The Morgan fingerprint density at radius 2 is 1.74 bits per heavy atom. The number of amides is 4. The standard InChI is InChI=1S/C26H19FN4O3/c1-26(24(33)30-25(34)31-26)16-5-4-6-18(13-16)28-23(32)20-14-22(15-9-11-17(27)12-10-15)29-21-8-3-2-7-19(20)21/h2-14H,1H3,(H,28,32)(H2,30,31,33,34)/t26-/m1/s1. The molecule has 2 heterocycles. The first-order valence-corrected chi connectivity index (χ1v) is 10.5. The summed E-state index contributed by atoms with van der Waals surface area (Å²) in [4.78, 5) is 41.9. The van der Waals surface area contributed by atoms with E-state index < -0.39 is 17.5 Å². The number of carbonyl (C=O) groups is 3. The van der Waals surface area contributed by atoms with Crippen LogP contribution in [0.4, 0.5) is 14.9 Å². The summed E-state index contributed by atoms with van der Waals surface area (Å²) in [6.07, 6.45) is 0. The lowest BCUT2D eigenvalue weighted by Gasteiger charge is -2.21. The highest BCUT2D eigenvalue weighted by Gasteiger charge is 2.43. The van der Waals surface area contributed by atoms with Crippen molar-refractivity contribution in [2.24, 2.45) is 0 Å². The number of nitrogens with one attached hydrogen (secondary N) is 3. The van der Waals surface area contributed by atoms with Crippen LogP contribution in [0.2, 0.25) is 0 Å². The zero-order chi connectivity index (χ0) is 23.9. The van der Waals surface area contributed by atoms with Crippen molar-refractivity contribution in [1.82, 2.24) is 15.6 Å². The van der Waals surface area contributed by atoms with Gasteiger partial charge in [-0.25, -0.2) is 14.2 Å². The molecule has 1 aromatic heterocycles. The number of nitrogens with zero attached hydrogens (tertiary/aromatic N) is 1. The minimum atomic E-state index is -1.24. The number of urea groups is 1. The molecular formula is C26H19FN4O3. The van der Waals surface area contributed by atoms with E-state index in [1.54, 1.807) is 49.4 Å². The average Bonchev–Trinajstić information content (AvgIpc) is 3.11. The van der Waals surface area contributed by atoms with E-state index in [1.165, 1.54) is 12.1 Å². The third-order valence-electron chi connectivity index (χ3n) is 5.84. The van der Waals surface area contributed by atoms with E-state index in [2.05, 4.69) is 20.9 Å². The van der Waals surface area contributed by atoms with E-state index in [0.29, 0.717) is 39.0 Å². The van der Waals surface area contributed by atoms with E-state index in [-0.39, 0.29) is 11.7 Å². The first-order chi connectivity index (χ1) is 16.3. The van der Waals surface area contributed by atoms with Crippen molar-refractivity contribution in [1.29, 1.82) is 0 Å². The van der Waals surface area contributed by atoms with Crippen LogP contribution < -0.4 is 16.0 Å². The molecule has 7 nitrogen and oxygen atoms in total. The van der Waals surface area contributed by atoms with Crippen LogP contribution in [0.1, 0.15) is 22.8 Å². The molecule has 168 valence electrons. The molecule has 1 saturated heterocycles. The Kier molecular flexibility index (Phi) is 5.05. The number of hydrogen-bond donors (Lipinski definition) is 3. The lowest BCUT2D eigenvalue weighted by Crippen LogP contribution is -2.40. The second-order valence-electron chi connectivity index (χ2n) is 8.15. The third-order valence-corrected chi connectivity index (χ3v) is 5.84. The molecule has 4 aromatic rings. The Balaban J connectivity index is 1.51. The summed E-state index contributed by atoms with van der Waals surface area (Å²) in [5, 5.41) is 8.38. The number of rotatable bonds is 4. The van der Waals surface area contributed by atoms with Gasteiger partial charge in [0.1, 0.15) is 11.4 Å². The van der Waals surface area contributed by atoms with Crippen LogP contribution in [-0.4, -0.2) is 22.8 Å². The Labute approximate surface area is 194 Å². The number of pyridine rings is 1. The van der Waals surface area contributed by atoms with Crippen LogP contribution in [0.15, 0.2) is 78.9 Å². The monoisotopic (exact) mass is 454 g/mol. The average molecular weight is 454 g/mol. The number of halogens is 1. The number of para-hydroxylation sites is 1. The molecule has 0 bridgehead atoms. The van der Waals surface area contributed by atoms with Crippen molar-refractivity contribution in [3.63, 3.8) is 0 Å². The number of benzene rings is 3. The topological polar surface area (TPSA) is 100 Å². The van der Waals surface area contributed by atoms with Gasteiger partial charge in [0.2, 0.25) is 0 Å². The normalized spacial score (nSPS) is 17.4. The number of fused-ring (bicyclic) bond motifs is 1. The maximum Gasteiger partial charge on any atom is 0.322 e. The SMILES string of the molecule is C[C@]1(c2cccc(NC(=O)c3cc(-c4ccc(F)cc4)nc4ccccc34)c2)NC(=O)NC1=O. The summed E-state index contributed by atoms with van der Waals surface area (Å²) >= 11 is 0. The van der Waals surface area contributed by atoms with E-state index in [1.807, 2.05) is 24.3 Å². The van der Waals surface area contributed by atoms with Crippen LogP contribution >= 0.6 is 0 Å². The Bertz CT molecular complexity index is 1470. The zero-order valence-electron chi connectivity index (χ0n) is 18.1. The molecule has 3 N–H and O–H groups in total. The molecule has 0 radical (unpaired) electrons. The molecule has 1 atom stereocenters. The third kappa shape index (κ3) is 3.75. The van der Waals surface area contributed by atoms with E-state index in [4.69, 9.17) is 0 Å². The van der Waals surface area contributed by atoms with Gasteiger partial charge in [0, 0.05) is 16.6 Å². The highest BCUT2D eigenvalue weighted by atomic mass is 19.1. The molecule has 1 fully saturated rings. The fourth-order valence-electron chi connectivity index (χ4n) is 3.98. The summed E-state index contributed by atoms with van der Waals surface area (Å²) in [5.41, 5.74) is 1.99. The molecule has 0 aliphatic carbocycles. The summed E-state index contributed by atoms with van der Waals surface area (Å²) in [7, 11) is 0. The molecule has 8 heteroatoms. The summed E-state index contributed by atoms with van der Waals surface area (Å²) in [6.45, 7) is 1.60. The fraction of sp³-hybridized carbons (Fsp3) is 0.0769. The van der Waals surface area contributed by atoms with Gasteiger partial charge >= 0.3 is 6.03 Å². The predicted octanol–water partition coefficient (Wildman–Crippen LogP) is 4.35. The lowest BCUT2D eigenvalue weighted by molar-refractivity contribution is -0.123. The number of hydrogen-bond acceptors (Lipinski definition) is 4. The first-order valence-electron chi connectivity index (χ1n) is 10.5. The van der Waals surface area contributed by atoms with Crippen LogP contribution in [-0.2, 0) is 10.3 Å². The number of anilines is 1. The van der Waals surface area contributed by atoms with Crippen molar-refractivity contribution in [3.05, 3.63) is 95.8 Å². The summed E-state index contributed by atoms with van der Waals surface area (Å²) in [5.74, 6) is -1.20. The Morgan fingerprint density at radius 3 is 2.47 bits per heavy atom. The number of aromatic nitrogens is 1. The van der Waals surface area contributed by atoms with Gasteiger partial charge in [-0.2, -0.15) is 0 Å². The first kappa shape index (κ1) is 21.3. The van der Waals surface area contributed by atoms with Gasteiger partial charge in [0.25, 0.3) is 11.8 Å². The largest absolute Gasteiger partial charge is 0.322 e. The highest BCUT2D eigenvalue weighted by molar-refractivity contribution is 6.13. The Hall–Kier alpha value is -4.59. The summed E-state index contributed by atoms with van der Waals surface area (Å²) in [6, 6.07) is 21.0. The van der Waals surface area contributed by atoms with Gasteiger partial charge < -0.3 is 10.6 Å². The van der Waals surface area contributed by atoms with Gasteiger partial charge in [0.15, 0.2) is 0 Å². The highest BCUT2D eigenvalue weighted by Crippen LogP contribution is 2.28. The van der Waals surface area contributed by atoms with Crippen molar-refractivity contribution in [3.8, 4) is 11.3 Å². The lowest BCUT2D eigenvalue weighted by atomic mass is 9.92. The molecule has 34 heavy (non-hydrogen) atoms. The summed E-state index contributed by atoms with van der Waals surface area (Å²) < 4.78 is 13.4. The fourth-order valence-corrected chi connectivity index (χ4v) is 3.98. The van der Waals surface area contributed by atoms with E-state index >= 15 is 0 Å². The van der Waals surface area contributed by atoms with E-state index in [9.17, 15) is 18.8 Å². The maximum absolute atomic E-state index is 13.4. The van der Waals surface area contributed by atoms with Gasteiger partial charge in [-0.05, 0) is 61.0 Å². The predicted molar refractivity (Wildman–Crippen MR) is 126 cm³/mol.